The summed E-state index contributed by atoms with van der Waals surface area (Å²) in [5.74, 6) is -0.896. The lowest BCUT2D eigenvalue weighted by Crippen LogP contribution is -2.32. The average molecular weight is 501 g/mol. The summed E-state index contributed by atoms with van der Waals surface area (Å²) in [6.07, 6.45) is 4.72. The normalized spacial score (nSPS) is 28.4. The summed E-state index contributed by atoms with van der Waals surface area (Å²) in [5, 5.41) is 0. The molecule has 6 rings (SSSR count). The van der Waals surface area contributed by atoms with Gasteiger partial charge in [0, 0.05) is 24.7 Å². The second-order valence-corrected chi connectivity index (χ2v) is 10.9. The maximum Gasteiger partial charge on any atom is 0.316 e. The van der Waals surface area contributed by atoms with Crippen molar-refractivity contribution in [2.24, 2.45) is 29.6 Å². The number of carbonyl (C=O) groups is 4. The molecule has 192 valence electrons. The van der Waals surface area contributed by atoms with Gasteiger partial charge in [-0.3, -0.25) is 19.2 Å². The molecule has 37 heavy (non-hydrogen) atoms. The summed E-state index contributed by atoms with van der Waals surface area (Å²) in [4.78, 5) is 55.5. The summed E-state index contributed by atoms with van der Waals surface area (Å²) in [5.41, 5.74) is 3.54. The summed E-state index contributed by atoms with van der Waals surface area (Å²) < 4.78 is 5.70. The highest BCUT2D eigenvalue weighted by molar-refractivity contribution is 6.22. The Morgan fingerprint density at radius 1 is 0.919 bits per heavy atom. The quantitative estimate of drug-likeness (QED) is 0.335. The van der Waals surface area contributed by atoms with Crippen molar-refractivity contribution in [1.82, 2.24) is 0 Å². The summed E-state index contributed by atoms with van der Waals surface area (Å²) in [6.45, 7) is 4.40. The molecule has 0 spiro atoms. The van der Waals surface area contributed by atoms with Crippen molar-refractivity contribution in [1.29, 1.82) is 0 Å². The number of rotatable bonds is 6. The molecule has 7 nitrogen and oxygen atoms in total. The molecular weight excluding hydrogens is 468 g/mol. The maximum absolute atomic E-state index is 13.2. The van der Waals surface area contributed by atoms with Crippen molar-refractivity contribution in [3.8, 4) is 5.75 Å². The van der Waals surface area contributed by atoms with Crippen LogP contribution in [0.2, 0.25) is 0 Å². The zero-order valence-corrected chi connectivity index (χ0v) is 21.3. The molecule has 5 atom stereocenters. The minimum Gasteiger partial charge on any atom is -0.426 e. The molecule has 2 aromatic rings. The van der Waals surface area contributed by atoms with Gasteiger partial charge in [-0.1, -0.05) is 38.1 Å². The van der Waals surface area contributed by atoms with Gasteiger partial charge >= 0.3 is 5.97 Å². The van der Waals surface area contributed by atoms with Gasteiger partial charge in [0.05, 0.1) is 23.4 Å². The van der Waals surface area contributed by atoms with Crippen molar-refractivity contribution in [2.75, 3.05) is 16.3 Å². The highest BCUT2D eigenvalue weighted by atomic mass is 16.5. The molecular formula is C30H32N2O5. The van der Waals surface area contributed by atoms with Crippen molar-refractivity contribution in [3.63, 3.8) is 0 Å². The third-order valence-electron chi connectivity index (χ3n) is 8.91. The van der Waals surface area contributed by atoms with E-state index < -0.39 is 11.9 Å². The molecule has 4 aliphatic rings. The molecule has 2 aliphatic heterocycles. The molecule has 2 aromatic carbocycles. The van der Waals surface area contributed by atoms with Crippen LogP contribution in [0.3, 0.4) is 0 Å². The number of hydrogen-bond donors (Lipinski definition) is 0. The Balaban J connectivity index is 1.18. The molecule has 0 radical (unpaired) electrons. The van der Waals surface area contributed by atoms with Crippen LogP contribution >= 0.6 is 0 Å². The number of hydrogen-bond acceptors (Lipinski definition) is 5. The van der Waals surface area contributed by atoms with E-state index in [0.29, 0.717) is 17.5 Å². The number of ether oxygens (including phenoxy) is 1. The van der Waals surface area contributed by atoms with Gasteiger partial charge in [0.15, 0.2) is 0 Å². The van der Waals surface area contributed by atoms with E-state index in [1.165, 1.54) is 4.90 Å². The standard InChI is InChI=1S/C30H32N2O5/c1-3-17-7-5-8-18(4-2)27(17)31-16-21(14-24(31)33)30(36)37-23-10-6-9-22(15-23)32-28(34)25-19-11-12-20(13-19)26(25)29(32)35/h5-10,15,19-21,25-26H,3-4,11-14,16H2,1-2H3/t19-,20-,21+,25+,26+/m0/s1. The monoisotopic (exact) mass is 500 g/mol. The summed E-state index contributed by atoms with van der Waals surface area (Å²) >= 11 is 0. The molecule has 3 amide bonds. The number of fused-ring (bicyclic) bond motifs is 5. The molecule has 4 fully saturated rings. The fourth-order valence-corrected chi connectivity index (χ4v) is 7.19. The first-order chi connectivity index (χ1) is 17.9. The zero-order valence-electron chi connectivity index (χ0n) is 21.3. The second-order valence-electron chi connectivity index (χ2n) is 10.9. The first-order valence-corrected chi connectivity index (χ1v) is 13.5. The van der Waals surface area contributed by atoms with E-state index in [1.54, 1.807) is 29.2 Å². The van der Waals surface area contributed by atoms with Gasteiger partial charge in [0.2, 0.25) is 17.7 Å². The lowest BCUT2D eigenvalue weighted by molar-refractivity contribution is -0.139. The van der Waals surface area contributed by atoms with Crippen molar-refractivity contribution in [2.45, 2.75) is 52.4 Å². The van der Waals surface area contributed by atoms with E-state index in [-0.39, 0.29) is 48.3 Å². The van der Waals surface area contributed by atoms with Gasteiger partial charge in [-0.15, -0.1) is 0 Å². The van der Waals surface area contributed by atoms with Crippen LogP contribution in [0, 0.1) is 29.6 Å². The Labute approximate surface area is 216 Å². The van der Waals surface area contributed by atoms with Crippen molar-refractivity contribution < 1.29 is 23.9 Å². The van der Waals surface area contributed by atoms with E-state index in [2.05, 4.69) is 13.8 Å². The lowest BCUT2D eigenvalue weighted by Gasteiger charge is -2.23. The number of aryl methyl sites for hydroxylation is 2. The Kier molecular flexibility index (Phi) is 5.89. The van der Waals surface area contributed by atoms with Crippen LogP contribution in [-0.4, -0.2) is 30.2 Å². The van der Waals surface area contributed by atoms with Crippen LogP contribution in [0.4, 0.5) is 11.4 Å². The Bertz CT molecular complexity index is 1250. The number of esters is 1. The number of carbonyl (C=O) groups excluding carboxylic acids is 4. The topological polar surface area (TPSA) is 84.0 Å². The minimum absolute atomic E-state index is 0.0827. The minimum atomic E-state index is -0.587. The fourth-order valence-electron chi connectivity index (χ4n) is 7.19. The zero-order chi connectivity index (χ0) is 25.8. The van der Waals surface area contributed by atoms with Crippen LogP contribution in [0.25, 0.3) is 0 Å². The number of para-hydroxylation sites is 1. The van der Waals surface area contributed by atoms with E-state index in [9.17, 15) is 19.2 Å². The molecule has 2 heterocycles. The first kappa shape index (κ1) is 23.9. The number of nitrogens with zero attached hydrogens (tertiary/aromatic N) is 2. The van der Waals surface area contributed by atoms with Crippen LogP contribution < -0.4 is 14.5 Å². The molecule has 0 aromatic heterocycles. The van der Waals surface area contributed by atoms with Crippen molar-refractivity contribution in [3.05, 3.63) is 53.6 Å². The molecule has 7 heteroatoms. The number of amides is 3. The van der Waals surface area contributed by atoms with Gasteiger partial charge < -0.3 is 9.64 Å². The molecule has 0 N–H and O–H groups in total. The van der Waals surface area contributed by atoms with Crippen LogP contribution in [-0.2, 0) is 32.0 Å². The van der Waals surface area contributed by atoms with Crippen LogP contribution in [0.15, 0.2) is 42.5 Å². The highest BCUT2D eigenvalue weighted by Crippen LogP contribution is 2.56. The first-order valence-electron chi connectivity index (χ1n) is 13.5. The molecule has 2 saturated carbocycles. The van der Waals surface area contributed by atoms with E-state index in [1.807, 2.05) is 18.2 Å². The Morgan fingerprint density at radius 2 is 1.54 bits per heavy atom. The SMILES string of the molecule is CCc1cccc(CC)c1N1C[C@H](C(=O)Oc2cccc(N3C(=O)[C@@H]4[C@H]5CC[C@@H](C5)[C@H]4C3=O)c2)CC1=O. The summed E-state index contributed by atoms with van der Waals surface area (Å²) in [7, 11) is 0. The highest BCUT2D eigenvalue weighted by Gasteiger charge is 2.61. The average Bonchev–Trinajstić information content (AvgIpc) is 3.67. The van der Waals surface area contributed by atoms with Crippen LogP contribution in [0.1, 0.15) is 50.7 Å². The van der Waals surface area contributed by atoms with E-state index in [4.69, 9.17) is 4.74 Å². The predicted molar refractivity (Wildman–Crippen MR) is 138 cm³/mol. The third kappa shape index (κ3) is 3.78. The van der Waals surface area contributed by atoms with Gasteiger partial charge in [-0.25, -0.2) is 4.90 Å². The predicted octanol–water partition coefficient (Wildman–Crippen LogP) is 4.31. The smallest absolute Gasteiger partial charge is 0.316 e. The van der Waals surface area contributed by atoms with Gasteiger partial charge in [0.1, 0.15) is 5.75 Å². The van der Waals surface area contributed by atoms with E-state index >= 15 is 0 Å². The Hall–Kier alpha value is -3.48. The maximum atomic E-state index is 13.2. The van der Waals surface area contributed by atoms with Gasteiger partial charge in [-0.2, -0.15) is 0 Å². The van der Waals surface area contributed by atoms with Crippen LogP contribution in [0.5, 0.6) is 5.75 Å². The number of imide groups is 1. The van der Waals surface area contributed by atoms with Crippen molar-refractivity contribution >= 4 is 35.1 Å². The molecule has 2 bridgehead atoms. The largest absolute Gasteiger partial charge is 0.426 e. The third-order valence-corrected chi connectivity index (χ3v) is 8.91. The molecule has 2 aliphatic carbocycles. The van der Waals surface area contributed by atoms with E-state index in [0.717, 1.165) is 48.9 Å². The van der Waals surface area contributed by atoms with Gasteiger partial charge in [0.25, 0.3) is 0 Å². The number of benzene rings is 2. The summed E-state index contributed by atoms with van der Waals surface area (Å²) in [6, 6.07) is 12.7. The second kappa shape index (κ2) is 9.12. The molecule has 0 unspecified atom stereocenters. The van der Waals surface area contributed by atoms with Gasteiger partial charge in [-0.05, 0) is 67.2 Å². The fraction of sp³-hybridized carbons (Fsp3) is 0.467. The molecule has 2 saturated heterocycles. The Morgan fingerprint density at radius 3 is 2.16 bits per heavy atom. The lowest BCUT2D eigenvalue weighted by atomic mass is 9.81. The number of anilines is 2.